The first-order valence-corrected chi connectivity index (χ1v) is 10.3. The topological polar surface area (TPSA) is 61.4 Å². The Hall–Kier alpha value is -2.34. The molecule has 148 valence electrons. The number of halogens is 1. The zero-order valence-electron chi connectivity index (χ0n) is 16.3. The molecule has 3 amide bonds. The summed E-state index contributed by atoms with van der Waals surface area (Å²) < 4.78 is 0.848. The summed E-state index contributed by atoms with van der Waals surface area (Å²) in [5.41, 5.74) is 2.59. The van der Waals surface area contributed by atoms with Crippen LogP contribution < -0.4 is 10.6 Å². The number of hydrogen-bond donors (Lipinski definition) is 2. The lowest BCUT2D eigenvalue weighted by Gasteiger charge is -2.38. The van der Waals surface area contributed by atoms with Crippen molar-refractivity contribution in [3.63, 3.8) is 0 Å². The van der Waals surface area contributed by atoms with Gasteiger partial charge in [0.15, 0.2) is 0 Å². The molecular weight excluding hydrogens is 418 g/mol. The van der Waals surface area contributed by atoms with Gasteiger partial charge >= 0.3 is 6.03 Å². The van der Waals surface area contributed by atoms with Gasteiger partial charge in [-0.25, -0.2) is 4.79 Å². The number of hydrogen-bond acceptors (Lipinski definition) is 2. The number of aryl methyl sites for hydroxylation is 1. The quantitative estimate of drug-likeness (QED) is 0.718. The van der Waals surface area contributed by atoms with E-state index in [1.165, 1.54) is 5.56 Å². The van der Waals surface area contributed by atoms with Crippen LogP contribution in [0.4, 0.5) is 10.5 Å². The van der Waals surface area contributed by atoms with Gasteiger partial charge in [-0.1, -0.05) is 48.9 Å². The minimum absolute atomic E-state index is 0.0546. The summed E-state index contributed by atoms with van der Waals surface area (Å²) in [4.78, 5) is 27.0. The molecule has 28 heavy (non-hydrogen) atoms. The minimum Gasteiger partial charge on any atom is -0.352 e. The Kier molecular flexibility index (Phi) is 6.39. The highest BCUT2D eigenvalue weighted by molar-refractivity contribution is 9.10. The van der Waals surface area contributed by atoms with E-state index in [1.807, 2.05) is 62.4 Å². The van der Waals surface area contributed by atoms with Gasteiger partial charge < -0.3 is 15.5 Å². The average molecular weight is 444 g/mol. The fourth-order valence-electron chi connectivity index (χ4n) is 3.29. The molecular formula is C22H26BrN3O2. The molecule has 2 aromatic rings. The second-order valence-corrected chi connectivity index (χ2v) is 8.48. The lowest BCUT2D eigenvalue weighted by Crippen LogP contribution is -2.49. The van der Waals surface area contributed by atoms with Gasteiger partial charge in [0.1, 0.15) is 0 Å². The fraction of sp³-hybridized carbons (Fsp3) is 0.364. The van der Waals surface area contributed by atoms with Gasteiger partial charge in [-0.05, 0) is 53.4 Å². The third-order valence-electron chi connectivity index (χ3n) is 5.39. The van der Waals surface area contributed by atoms with Gasteiger partial charge in [-0.15, -0.1) is 0 Å². The second kappa shape index (κ2) is 8.78. The van der Waals surface area contributed by atoms with Gasteiger partial charge in [-0.2, -0.15) is 0 Å². The summed E-state index contributed by atoms with van der Waals surface area (Å²) in [5, 5.41) is 5.98. The van der Waals surface area contributed by atoms with Crippen molar-refractivity contribution < 1.29 is 9.59 Å². The molecule has 1 aliphatic heterocycles. The number of amides is 3. The highest BCUT2D eigenvalue weighted by atomic mass is 79.9. The summed E-state index contributed by atoms with van der Waals surface area (Å²) in [6.45, 7) is 5.68. The maximum atomic E-state index is 12.7. The van der Waals surface area contributed by atoms with Crippen molar-refractivity contribution in [3.8, 4) is 0 Å². The average Bonchev–Trinajstić information content (AvgIpc) is 2.69. The normalized spacial score (nSPS) is 15.8. The van der Waals surface area contributed by atoms with Gasteiger partial charge in [0, 0.05) is 29.5 Å². The molecule has 0 aromatic heterocycles. The molecule has 0 spiro atoms. The number of carbonyl (C=O) groups excluding carboxylic acids is 2. The molecule has 0 bridgehead atoms. The standard InChI is InChI=1S/C22H26BrN3O2/c1-16-7-9-17(10-8-16)15-24-20(27)22(2)11-13-26(14-12-22)21(28)25-19-6-4-3-5-18(19)23/h3-10H,11-15H2,1-2H3,(H,24,27)(H,25,28). The van der Waals surface area contributed by atoms with Crippen LogP contribution in [-0.4, -0.2) is 29.9 Å². The van der Waals surface area contributed by atoms with Crippen LogP contribution >= 0.6 is 15.9 Å². The molecule has 3 rings (SSSR count). The number of benzene rings is 2. The van der Waals surface area contributed by atoms with Crippen LogP contribution in [-0.2, 0) is 11.3 Å². The number of urea groups is 1. The zero-order valence-corrected chi connectivity index (χ0v) is 17.9. The molecule has 2 aromatic carbocycles. The molecule has 6 heteroatoms. The number of carbonyl (C=O) groups is 2. The number of likely N-dealkylation sites (tertiary alicyclic amines) is 1. The number of nitrogens with zero attached hydrogens (tertiary/aromatic N) is 1. The van der Waals surface area contributed by atoms with Crippen molar-refractivity contribution >= 4 is 33.6 Å². The molecule has 1 heterocycles. The largest absolute Gasteiger partial charge is 0.352 e. The van der Waals surface area contributed by atoms with Crippen molar-refractivity contribution in [2.24, 2.45) is 5.41 Å². The van der Waals surface area contributed by atoms with Crippen LogP contribution in [0.25, 0.3) is 0 Å². The van der Waals surface area contributed by atoms with Crippen molar-refractivity contribution in [1.82, 2.24) is 10.2 Å². The van der Waals surface area contributed by atoms with Gasteiger partial charge in [0.05, 0.1) is 5.69 Å². The number of nitrogens with one attached hydrogen (secondary N) is 2. The Balaban J connectivity index is 1.51. The van der Waals surface area contributed by atoms with Crippen LogP contribution in [0.1, 0.15) is 30.9 Å². The van der Waals surface area contributed by atoms with E-state index in [9.17, 15) is 9.59 Å². The number of rotatable bonds is 4. The van der Waals surface area contributed by atoms with Crippen LogP contribution in [0.15, 0.2) is 53.0 Å². The van der Waals surface area contributed by atoms with Crippen molar-refractivity contribution in [2.75, 3.05) is 18.4 Å². The third-order valence-corrected chi connectivity index (χ3v) is 6.08. The second-order valence-electron chi connectivity index (χ2n) is 7.63. The first kappa shape index (κ1) is 20.4. The molecule has 0 atom stereocenters. The smallest absolute Gasteiger partial charge is 0.321 e. The Bertz CT molecular complexity index is 843. The fourth-order valence-corrected chi connectivity index (χ4v) is 3.67. The summed E-state index contributed by atoms with van der Waals surface area (Å²) in [7, 11) is 0. The van der Waals surface area contributed by atoms with Crippen molar-refractivity contribution in [2.45, 2.75) is 33.2 Å². The molecule has 1 fully saturated rings. The SMILES string of the molecule is Cc1ccc(CNC(=O)C2(C)CCN(C(=O)Nc3ccccc3Br)CC2)cc1. The first-order valence-electron chi connectivity index (χ1n) is 9.52. The molecule has 1 aliphatic rings. The minimum atomic E-state index is -0.450. The maximum Gasteiger partial charge on any atom is 0.321 e. The Morgan fingerprint density at radius 2 is 1.71 bits per heavy atom. The van der Waals surface area contributed by atoms with E-state index < -0.39 is 5.41 Å². The molecule has 1 saturated heterocycles. The van der Waals surface area contributed by atoms with Crippen LogP contribution in [0.2, 0.25) is 0 Å². The summed E-state index contributed by atoms with van der Waals surface area (Å²) >= 11 is 3.44. The third kappa shape index (κ3) is 4.93. The molecule has 0 unspecified atom stereocenters. The predicted octanol–water partition coefficient (Wildman–Crippen LogP) is 4.71. The first-order chi connectivity index (χ1) is 13.4. The van der Waals surface area contributed by atoms with Gasteiger partial charge in [0.25, 0.3) is 0 Å². The van der Waals surface area contributed by atoms with Crippen molar-refractivity contribution in [3.05, 3.63) is 64.1 Å². The Morgan fingerprint density at radius 3 is 2.36 bits per heavy atom. The number of piperidine rings is 1. The highest BCUT2D eigenvalue weighted by Gasteiger charge is 2.38. The lowest BCUT2D eigenvalue weighted by molar-refractivity contribution is -0.132. The predicted molar refractivity (Wildman–Crippen MR) is 115 cm³/mol. The lowest BCUT2D eigenvalue weighted by atomic mass is 9.79. The molecule has 5 nitrogen and oxygen atoms in total. The zero-order chi connectivity index (χ0) is 20.1. The monoisotopic (exact) mass is 443 g/mol. The van der Waals surface area contributed by atoms with E-state index in [4.69, 9.17) is 0 Å². The van der Waals surface area contributed by atoms with Gasteiger partial charge in [0.2, 0.25) is 5.91 Å². The van der Waals surface area contributed by atoms with Crippen LogP contribution in [0.5, 0.6) is 0 Å². The summed E-state index contributed by atoms with van der Waals surface area (Å²) in [6.07, 6.45) is 1.30. The molecule has 0 saturated carbocycles. The van der Waals surface area contributed by atoms with Crippen molar-refractivity contribution in [1.29, 1.82) is 0 Å². The van der Waals surface area contributed by atoms with Crippen LogP contribution in [0, 0.1) is 12.3 Å². The van der Waals surface area contributed by atoms with E-state index in [0.717, 1.165) is 15.7 Å². The Labute approximate surface area is 174 Å². The van der Waals surface area contributed by atoms with Crippen LogP contribution in [0.3, 0.4) is 0 Å². The molecule has 2 N–H and O–H groups in total. The molecule has 0 aliphatic carbocycles. The number of para-hydroxylation sites is 1. The Morgan fingerprint density at radius 1 is 1.07 bits per heavy atom. The maximum absolute atomic E-state index is 12.7. The highest BCUT2D eigenvalue weighted by Crippen LogP contribution is 2.32. The van der Waals surface area contributed by atoms with Gasteiger partial charge in [-0.3, -0.25) is 4.79 Å². The van der Waals surface area contributed by atoms with E-state index in [-0.39, 0.29) is 11.9 Å². The summed E-state index contributed by atoms with van der Waals surface area (Å²) in [5.74, 6) is 0.0546. The number of anilines is 1. The van der Waals surface area contributed by atoms with E-state index >= 15 is 0 Å². The van der Waals surface area contributed by atoms with E-state index in [2.05, 4.69) is 26.6 Å². The van der Waals surface area contributed by atoms with E-state index in [0.29, 0.717) is 32.5 Å². The summed E-state index contributed by atoms with van der Waals surface area (Å²) in [6, 6.07) is 15.6. The van der Waals surface area contributed by atoms with E-state index in [1.54, 1.807) is 4.90 Å². The molecule has 0 radical (unpaired) electrons.